The first-order valence-electron chi connectivity index (χ1n) is 11.3. The van der Waals surface area contributed by atoms with E-state index in [-0.39, 0.29) is 17.2 Å². The highest BCUT2D eigenvalue weighted by atomic mass is 32.2. The van der Waals surface area contributed by atoms with Crippen molar-refractivity contribution in [2.24, 2.45) is 0 Å². The molecule has 1 aliphatic heterocycles. The Hall–Kier alpha value is -1.90. The van der Waals surface area contributed by atoms with Gasteiger partial charge in [-0.05, 0) is 43.9 Å². The molecule has 1 aliphatic rings. The smallest absolute Gasteiger partial charge is 0.152 e. The molecule has 3 rings (SSSR count). The van der Waals surface area contributed by atoms with Crippen LogP contribution in [0.3, 0.4) is 0 Å². The SMILES string of the molecule is CCC(CCC(Nc1cc(OC)cc2c(C)ccnc12)N1CCNCC1)S(=O)(=O)CC. The van der Waals surface area contributed by atoms with Crippen LogP contribution >= 0.6 is 0 Å². The largest absolute Gasteiger partial charge is 0.497 e. The Bertz CT molecular complexity index is 974. The number of rotatable bonds is 10. The second-order valence-corrected chi connectivity index (χ2v) is 10.8. The van der Waals surface area contributed by atoms with Gasteiger partial charge in [0.1, 0.15) is 5.75 Å². The zero-order chi connectivity index (χ0) is 22.4. The van der Waals surface area contributed by atoms with Crippen LogP contribution in [0.25, 0.3) is 10.9 Å². The van der Waals surface area contributed by atoms with Crippen LogP contribution in [-0.2, 0) is 9.84 Å². The summed E-state index contributed by atoms with van der Waals surface area (Å²) < 4.78 is 30.6. The normalized spacial score (nSPS) is 17.4. The van der Waals surface area contributed by atoms with Crippen molar-refractivity contribution in [1.82, 2.24) is 15.2 Å². The first kappa shape index (κ1) is 23.8. The van der Waals surface area contributed by atoms with E-state index in [1.54, 1.807) is 14.0 Å². The van der Waals surface area contributed by atoms with Gasteiger partial charge in [0.2, 0.25) is 0 Å². The summed E-state index contributed by atoms with van der Waals surface area (Å²) in [5, 5.41) is 7.86. The zero-order valence-electron chi connectivity index (χ0n) is 19.1. The highest BCUT2D eigenvalue weighted by Crippen LogP contribution is 2.31. The molecule has 1 aromatic carbocycles. The summed E-state index contributed by atoms with van der Waals surface area (Å²) in [7, 11) is -1.38. The predicted molar refractivity (Wildman–Crippen MR) is 128 cm³/mol. The first-order chi connectivity index (χ1) is 14.9. The molecule has 2 N–H and O–H groups in total. The summed E-state index contributed by atoms with van der Waals surface area (Å²) in [4.78, 5) is 7.04. The third kappa shape index (κ3) is 5.67. The van der Waals surface area contributed by atoms with Gasteiger partial charge >= 0.3 is 0 Å². The van der Waals surface area contributed by atoms with Crippen LogP contribution in [0.15, 0.2) is 24.4 Å². The molecule has 2 aromatic rings. The molecule has 0 aliphatic carbocycles. The Morgan fingerprint density at radius 3 is 2.61 bits per heavy atom. The maximum atomic E-state index is 12.5. The van der Waals surface area contributed by atoms with Crippen molar-refractivity contribution < 1.29 is 13.2 Å². The van der Waals surface area contributed by atoms with Gasteiger partial charge in [-0.15, -0.1) is 0 Å². The predicted octanol–water partition coefficient (Wildman–Crippen LogP) is 3.19. The molecular formula is C23H36N4O3S. The van der Waals surface area contributed by atoms with E-state index in [1.807, 2.05) is 31.3 Å². The Labute approximate surface area is 186 Å². The average molecular weight is 449 g/mol. The lowest BCUT2D eigenvalue weighted by Gasteiger charge is -2.36. The minimum atomic E-state index is -3.05. The molecule has 172 valence electrons. The maximum Gasteiger partial charge on any atom is 0.152 e. The van der Waals surface area contributed by atoms with Crippen LogP contribution in [0.1, 0.15) is 38.7 Å². The van der Waals surface area contributed by atoms with Crippen LogP contribution < -0.4 is 15.4 Å². The summed E-state index contributed by atoms with van der Waals surface area (Å²) in [6.07, 6.45) is 3.90. The maximum absolute atomic E-state index is 12.5. The number of nitrogens with one attached hydrogen (secondary N) is 2. The van der Waals surface area contributed by atoms with Gasteiger partial charge in [0.05, 0.1) is 29.7 Å². The fraction of sp³-hybridized carbons (Fsp3) is 0.609. The molecule has 2 atom stereocenters. The summed E-state index contributed by atoms with van der Waals surface area (Å²) >= 11 is 0. The van der Waals surface area contributed by atoms with Gasteiger partial charge in [0, 0.05) is 49.6 Å². The highest BCUT2D eigenvalue weighted by Gasteiger charge is 2.27. The summed E-state index contributed by atoms with van der Waals surface area (Å²) in [6, 6.07) is 6.01. The van der Waals surface area contributed by atoms with E-state index in [2.05, 4.69) is 27.4 Å². The van der Waals surface area contributed by atoms with Crippen molar-refractivity contribution in [3.05, 3.63) is 30.0 Å². The van der Waals surface area contributed by atoms with Crippen LogP contribution in [0, 0.1) is 6.92 Å². The molecule has 1 aromatic heterocycles. The summed E-state index contributed by atoms with van der Waals surface area (Å²) in [6.45, 7) is 9.47. The molecule has 0 radical (unpaired) electrons. The quantitative estimate of drug-likeness (QED) is 0.577. The number of aryl methyl sites for hydroxylation is 1. The Kier molecular flexibility index (Phi) is 8.13. The number of benzene rings is 1. The van der Waals surface area contributed by atoms with Gasteiger partial charge in [-0.2, -0.15) is 0 Å². The third-order valence-corrected chi connectivity index (χ3v) is 8.70. The van der Waals surface area contributed by atoms with Crippen molar-refractivity contribution in [2.75, 3.05) is 44.4 Å². The molecule has 2 unspecified atom stereocenters. The lowest BCUT2D eigenvalue weighted by Crippen LogP contribution is -2.51. The van der Waals surface area contributed by atoms with Gasteiger partial charge in [-0.25, -0.2) is 8.42 Å². The molecule has 8 heteroatoms. The minimum absolute atomic E-state index is 0.0285. The molecule has 31 heavy (non-hydrogen) atoms. The van der Waals surface area contributed by atoms with Gasteiger partial charge in [0.15, 0.2) is 9.84 Å². The number of fused-ring (bicyclic) bond motifs is 1. The standard InChI is InChI=1S/C23H36N4O3S/c1-5-19(31(28,29)6-2)7-8-22(27-13-11-24-12-14-27)26-21-16-18(30-4)15-20-17(3)9-10-25-23(20)21/h9-10,15-16,19,22,24,26H,5-8,11-14H2,1-4H3. The van der Waals surface area contributed by atoms with Crippen molar-refractivity contribution in [3.63, 3.8) is 0 Å². The Morgan fingerprint density at radius 1 is 1.23 bits per heavy atom. The van der Waals surface area contributed by atoms with Crippen LogP contribution in [-0.4, -0.2) is 68.8 Å². The van der Waals surface area contributed by atoms with E-state index in [0.29, 0.717) is 12.8 Å². The molecule has 0 saturated carbocycles. The number of ether oxygens (including phenoxy) is 1. The second kappa shape index (κ2) is 10.6. The zero-order valence-corrected chi connectivity index (χ0v) is 20.0. The third-order valence-electron chi connectivity index (χ3n) is 6.31. The number of methoxy groups -OCH3 is 1. The molecule has 0 amide bonds. The van der Waals surface area contributed by atoms with Crippen LogP contribution in [0.4, 0.5) is 5.69 Å². The number of nitrogens with zero attached hydrogens (tertiary/aromatic N) is 2. The first-order valence-corrected chi connectivity index (χ1v) is 13.0. The molecule has 1 fully saturated rings. The molecular weight excluding hydrogens is 412 g/mol. The van der Waals surface area contributed by atoms with Crippen molar-refractivity contribution in [3.8, 4) is 5.75 Å². The number of piperazine rings is 1. The second-order valence-electron chi connectivity index (χ2n) is 8.20. The number of sulfone groups is 1. The molecule has 0 spiro atoms. The monoisotopic (exact) mass is 448 g/mol. The lowest BCUT2D eigenvalue weighted by molar-refractivity contribution is 0.180. The van der Waals surface area contributed by atoms with Crippen molar-refractivity contribution >= 4 is 26.4 Å². The van der Waals surface area contributed by atoms with E-state index < -0.39 is 9.84 Å². The van der Waals surface area contributed by atoms with Gasteiger partial charge in [-0.1, -0.05) is 13.8 Å². The molecule has 7 nitrogen and oxygen atoms in total. The topological polar surface area (TPSA) is 83.6 Å². The van der Waals surface area contributed by atoms with Crippen LogP contribution in [0.2, 0.25) is 0 Å². The lowest BCUT2D eigenvalue weighted by atomic mass is 10.1. The van der Waals surface area contributed by atoms with E-state index in [0.717, 1.165) is 60.5 Å². The number of anilines is 1. The van der Waals surface area contributed by atoms with E-state index in [9.17, 15) is 8.42 Å². The molecule has 2 heterocycles. The van der Waals surface area contributed by atoms with Gasteiger partial charge in [0.25, 0.3) is 0 Å². The van der Waals surface area contributed by atoms with Crippen molar-refractivity contribution in [2.45, 2.75) is 51.4 Å². The van der Waals surface area contributed by atoms with Gasteiger partial charge in [-0.3, -0.25) is 9.88 Å². The minimum Gasteiger partial charge on any atom is -0.497 e. The average Bonchev–Trinajstić information content (AvgIpc) is 2.79. The van der Waals surface area contributed by atoms with Gasteiger partial charge < -0.3 is 15.4 Å². The number of pyridine rings is 1. The fourth-order valence-electron chi connectivity index (χ4n) is 4.33. The van der Waals surface area contributed by atoms with E-state index in [1.165, 1.54) is 0 Å². The fourth-order valence-corrected chi connectivity index (χ4v) is 5.80. The highest BCUT2D eigenvalue weighted by molar-refractivity contribution is 7.91. The number of hydrogen-bond acceptors (Lipinski definition) is 7. The Morgan fingerprint density at radius 2 is 1.97 bits per heavy atom. The van der Waals surface area contributed by atoms with Crippen LogP contribution in [0.5, 0.6) is 5.75 Å². The molecule has 1 saturated heterocycles. The molecule has 0 bridgehead atoms. The Balaban J connectivity index is 1.91. The number of hydrogen-bond donors (Lipinski definition) is 2. The summed E-state index contributed by atoms with van der Waals surface area (Å²) in [5.41, 5.74) is 2.98. The van der Waals surface area contributed by atoms with E-state index >= 15 is 0 Å². The summed E-state index contributed by atoms with van der Waals surface area (Å²) in [5.74, 6) is 0.978. The van der Waals surface area contributed by atoms with Crippen molar-refractivity contribution in [1.29, 1.82) is 0 Å². The van der Waals surface area contributed by atoms with E-state index in [4.69, 9.17) is 4.74 Å². The number of aromatic nitrogens is 1.